The second kappa shape index (κ2) is 8.13. The summed E-state index contributed by atoms with van der Waals surface area (Å²) in [5.74, 6) is 0.567. The lowest BCUT2D eigenvalue weighted by Gasteiger charge is -2.16. The number of hydrogen-bond donors (Lipinski definition) is 1. The maximum Gasteiger partial charge on any atom is 0.272 e. The summed E-state index contributed by atoms with van der Waals surface area (Å²) >= 11 is 0. The highest BCUT2D eigenvalue weighted by atomic mass is 19.1. The number of rotatable bonds is 5. The van der Waals surface area contributed by atoms with Crippen molar-refractivity contribution < 1.29 is 9.18 Å². The molecule has 0 spiro atoms. The number of nitrogens with zero attached hydrogens (tertiary/aromatic N) is 4. The van der Waals surface area contributed by atoms with E-state index in [0.717, 1.165) is 34.5 Å². The van der Waals surface area contributed by atoms with E-state index in [1.54, 1.807) is 35.4 Å². The topological polar surface area (TPSA) is 91.8 Å². The molecule has 1 saturated carbocycles. The van der Waals surface area contributed by atoms with Gasteiger partial charge in [-0.3, -0.25) is 9.59 Å². The van der Waals surface area contributed by atoms with Crippen molar-refractivity contribution in [2.75, 3.05) is 0 Å². The summed E-state index contributed by atoms with van der Waals surface area (Å²) in [7, 11) is 0. The third-order valence-electron chi connectivity index (χ3n) is 6.57. The molecule has 0 bridgehead atoms. The van der Waals surface area contributed by atoms with Gasteiger partial charge in [-0.25, -0.2) is 19.5 Å². The number of hydrogen-bond acceptors (Lipinski definition) is 5. The molecular weight excluding hydrogens is 433 g/mol. The van der Waals surface area contributed by atoms with Crippen molar-refractivity contribution in [3.8, 4) is 0 Å². The Kier molecular flexibility index (Phi) is 4.94. The van der Waals surface area contributed by atoms with Crippen LogP contribution < -0.4 is 5.56 Å². The number of carbonyl (C=O) groups is 1. The average Bonchev–Trinajstić information content (AvgIpc) is 3.56. The SMILES string of the molecule is O=C(c1cc(Cc2n[nH]c(=O)c3ccccc23)ccc1F)N1Cc2cnc(CC3CC3)nc2C1. The number of fused-ring (bicyclic) bond motifs is 2. The van der Waals surface area contributed by atoms with Crippen LogP contribution >= 0.6 is 0 Å². The Hall–Kier alpha value is -3.94. The molecule has 1 amide bonds. The Morgan fingerprint density at radius 2 is 1.94 bits per heavy atom. The first-order chi connectivity index (χ1) is 16.5. The third kappa shape index (κ3) is 3.85. The van der Waals surface area contributed by atoms with Gasteiger partial charge in [0.1, 0.15) is 11.6 Å². The smallest absolute Gasteiger partial charge is 0.272 e. The lowest BCUT2D eigenvalue weighted by atomic mass is 10.0. The number of benzene rings is 2. The summed E-state index contributed by atoms with van der Waals surface area (Å²) in [6, 6.07) is 11.7. The number of H-pyrrole nitrogens is 1. The summed E-state index contributed by atoms with van der Waals surface area (Å²) in [6.07, 6.45) is 5.49. The molecule has 0 unspecified atom stereocenters. The minimum absolute atomic E-state index is 0.0187. The van der Waals surface area contributed by atoms with Crippen molar-refractivity contribution in [1.29, 1.82) is 0 Å². The molecule has 1 fully saturated rings. The van der Waals surface area contributed by atoms with Gasteiger partial charge in [-0.2, -0.15) is 5.10 Å². The Morgan fingerprint density at radius 1 is 1.12 bits per heavy atom. The summed E-state index contributed by atoms with van der Waals surface area (Å²) < 4.78 is 14.7. The molecule has 0 atom stereocenters. The molecule has 1 aliphatic carbocycles. The zero-order valence-corrected chi connectivity index (χ0v) is 18.4. The van der Waals surface area contributed by atoms with Crippen LogP contribution in [-0.2, 0) is 25.9 Å². The zero-order chi connectivity index (χ0) is 23.2. The van der Waals surface area contributed by atoms with E-state index in [4.69, 9.17) is 0 Å². The van der Waals surface area contributed by atoms with Gasteiger partial charge < -0.3 is 4.90 Å². The quantitative estimate of drug-likeness (QED) is 0.497. The van der Waals surface area contributed by atoms with Gasteiger partial charge in [0.15, 0.2) is 0 Å². The van der Waals surface area contributed by atoms with E-state index in [9.17, 15) is 14.0 Å². The van der Waals surface area contributed by atoms with Gasteiger partial charge in [-0.1, -0.05) is 24.3 Å². The van der Waals surface area contributed by atoms with Crippen LogP contribution in [0.5, 0.6) is 0 Å². The molecule has 4 aromatic rings. The second-order valence-corrected chi connectivity index (χ2v) is 9.10. The molecule has 2 aliphatic rings. The van der Waals surface area contributed by atoms with Gasteiger partial charge in [0.25, 0.3) is 11.5 Å². The first kappa shape index (κ1) is 20.7. The molecule has 2 aromatic heterocycles. The highest BCUT2D eigenvalue weighted by Gasteiger charge is 2.29. The fourth-order valence-corrected chi connectivity index (χ4v) is 4.53. The first-order valence-electron chi connectivity index (χ1n) is 11.4. The number of halogens is 1. The van der Waals surface area contributed by atoms with Gasteiger partial charge in [0.05, 0.1) is 28.9 Å². The fourth-order valence-electron chi connectivity index (χ4n) is 4.53. The van der Waals surface area contributed by atoms with Crippen molar-refractivity contribution in [2.45, 2.75) is 38.8 Å². The van der Waals surface area contributed by atoms with Crippen molar-refractivity contribution in [2.24, 2.45) is 5.92 Å². The minimum atomic E-state index is -0.565. The van der Waals surface area contributed by atoms with Crippen LogP contribution in [0.2, 0.25) is 0 Å². The lowest BCUT2D eigenvalue weighted by molar-refractivity contribution is 0.0745. The van der Waals surface area contributed by atoms with Crippen molar-refractivity contribution >= 4 is 16.7 Å². The van der Waals surface area contributed by atoms with Gasteiger partial charge in [-0.15, -0.1) is 0 Å². The van der Waals surface area contributed by atoms with E-state index in [-0.39, 0.29) is 17.0 Å². The molecule has 1 aliphatic heterocycles. The van der Waals surface area contributed by atoms with Crippen molar-refractivity contribution in [1.82, 2.24) is 25.1 Å². The number of nitrogens with one attached hydrogen (secondary N) is 1. The maximum atomic E-state index is 14.7. The summed E-state index contributed by atoms with van der Waals surface area (Å²) in [5.41, 5.74) is 2.91. The predicted octanol–water partition coefficient (Wildman–Crippen LogP) is 3.55. The predicted molar refractivity (Wildman–Crippen MR) is 124 cm³/mol. The van der Waals surface area contributed by atoms with Gasteiger partial charge in [0.2, 0.25) is 0 Å². The summed E-state index contributed by atoms with van der Waals surface area (Å²) in [5, 5.41) is 7.99. The van der Waals surface area contributed by atoms with Crippen LogP contribution in [0.25, 0.3) is 10.8 Å². The van der Waals surface area contributed by atoms with Gasteiger partial charge in [-0.05, 0) is 42.5 Å². The Bertz CT molecular complexity index is 1490. The number of amides is 1. The summed E-state index contributed by atoms with van der Waals surface area (Å²) in [4.78, 5) is 36.0. The molecule has 1 N–H and O–H groups in total. The largest absolute Gasteiger partial charge is 0.328 e. The molecule has 34 heavy (non-hydrogen) atoms. The van der Waals surface area contributed by atoms with E-state index in [0.29, 0.717) is 36.5 Å². The lowest BCUT2D eigenvalue weighted by Crippen LogP contribution is -2.26. The molecule has 0 radical (unpaired) electrons. The van der Waals surface area contributed by atoms with Crippen LogP contribution in [0.15, 0.2) is 53.5 Å². The molecule has 3 heterocycles. The monoisotopic (exact) mass is 455 g/mol. The molecule has 2 aromatic carbocycles. The summed E-state index contributed by atoms with van der Waals surface area (Å²) in [6.45, 7) is 0.720. The van der Waals surface area contributed by atoms with Crippen LogP contribution in [0, 0.1) is 11.7 Å². The zero-order valence-electron chi connectivity index (χ0n) is 18.4. The Labute approximate surface area is 194 Å². The molecule has 0 saturated heterocycles. The van der Waals surface area contributed by atoms with E-state index in [1.807, 2.05) is 12.1 Å². The second-order valence-electron chi connectivity index (χ2n) is 9.10. The third-order valence-corrected chi connectivity index (χ3v) is 6.57. The average molecular weight is 455 g/mol. The molecule has 8 heteroatoms. The molecule has 170 valence electrons. The Balaban J connectivity index is 1.25. The number of aromatic amines is 1. The van der Waals surface area contributed by atoms with Crippen LogP contribution in [0.1, 0.15) is 51.5 Å². The normalized spacial score (nSPS) is 15.0. The highest BCUT2D eigenvalue weighted by molar-refractivity contribution is 5.95. The van der Waals surface area contributed by atoms with Gasteiger partial charge in [0, 0.05) is 36.5 Å². The van der Waals surface area contributed by atoms with E-state index in [2.05, 4.69) is 20.2 Å². The number of carbonyl (C=O) groups excluding carboxylic acids is 1. The molecular formula is C26H22FN5O2. The van der Waals surface area contributed by atoms with Gasteiger partial charge >= 0.3 is 0 Å². The van der Waals surface area contributed by atoms with E-state index in [1.165, 1.54) is 18.9 Å². The fraction of sp³-hybridized carbons (Fsp3) is 0.269. The first-order valence-corrected chi connectivity index (χ1v) is 11.4. The highest BCUT2D eigenvalue weighted by Crippen LogP contribution is 2.32. The van der Waals surface area contributed by atoms with Crippen LogP contribution in [0.4, 0.5) is 4.39 Å². The van der Waals surface area contributed by atoms with Crippen molar-refractivity contribution in [3.05, 3.63) is 98.7 Å². The van der Waals surface area contributed by atoms with E-state index >= 15 is 0 Å². The number of aromatic nitrogens is 4. The van der Waals surface area contributed by atoms with Crippen molar-refractivity contribution in [3.63, 3.8) is 0 Å². The standard InChI is InChI=1S/C26H22FN5O2/c27-21-8-7-16(10-22-18-3-1-2-4-19(18)25(33)31-30-22)9-20(21)26(34)32-13-17-12-28-24(11-15-5-6-15)29-23(17)14-32/h1-4,7-9,12,15H,5-6,10-11,13-14H2,(H,31,33). The Morgan fingerprint density at radius 3 is 2.76 bits per heavy atom. The molecule has 6 rings (SSSR count). The van der Waals surface area contributed by atoms with E-state index < -0.39 is 5.82 Å². The minimum Gasteiger partial charge on any atom is -0.328 e. The maximum absolute atomic E-state index is 14.7. The van der Waals surface area contributed by atoms with Crippen LogP contribution in [-0.4, -0.2) is 31.0 Å². The van der Waals surface area contributed by atoms with Crippen LogP contribution in [0.3, 0.4) is 0 Å². The molecule has 7 nitrogen and oxygen atoms in total.